The van der Waals surface area contributed by atoms with E-state index in [-0.39, 0.29) is 0 Å². The summed E-state index contributed by atoms with van der Waals surface area (Å²) in [6.07, 6.45) is 4.17. The maximum absolute atomic E-state index is 3.78. The zero-order chi connectivity index (χ0) is 5.98. The molecule has 0 aromatic carbocycles. The van der Waals surface area contributed by atoms with Gasteiger partial charge in [0.1, 0.15) is 0 Å². The first-order chi connectivity index (χ1) is 3.83. The summed E-state index contributed by atoms with van der Waals surface area (Å²) in [4.78, 5) is 2.10. The molecule has 1 fully saturated rings. The summed E-state index contributed by atoms with van der Waals surface area (Å²) >= 11 is 3.78. The van der Waals surface area contributed by atoms with Gasteiger partial charge in [-0.15, -0.1) is 0 Å². The second kappa shape index (κ2) is 2.79. The van der Waals surface area contributed by atoms with Gasteiger partial charge in [0.25, 0.3) is 0 Å². The summed E-state index contributed by atoms with van der Waals surface area (Å²) in [6.45, 7) is 2.32. The van der Waals surface area contributed by atoms with Crippen molar-refractivity contribution >= 4 is 4.92 Å². The molecular weight excluding hydrogens is 140 g/mol. The summed E-state index contributed by atoms with van der Waals surface area (Å²) < 4.78 is 0. The molecule has 0 heterocycles. The van der Waals surface area contributed by atoms with Crippen LogP contribution in [0, 0.1) is 11.8 Å². The molecule has 1 rings (SSSR count). The first-order valence-corrected chi connectivity index (χ1v) is 3.89. The molecule has 1 aliphatic carbocycles. The van der Waals surface area contributed by atoms with Crippen LogP contribution >= 0.6 is 0 Å². The average molecular weight is 152 g/mol. The van der Waals surface area contributed by atoms with Crippen LogP contribution < -0.4 is 0 Å². The van der Waals surface area contributed by atoms with Crippen molar-refractivity contribution in [2.75, 3.05) is 0 Å². The Labute approximate surface area is 59.0 Å². The van der Waals surface area contributed by atoms with E-state index in [1.165, 1.54) is 19.3 Å². The van der Waals surface area contributed by atoms with Gasteiger partial charge >= 0.3 is 58.5 Å². The summed E-state index contributed by atoms with van der Waals surface area (Å²) in [5.74, 6) is 1.79. The molecule has 0 saturated heterocycles. The maximum atomic E-state index is 3.78. The van der Waals surface area contributed by atoms with Crippen LogP contribution in [0.25, 0.3) is 0 Å². The van der Waals surface area contributed by atoms with E-state index in [0.29, 0.717) is 0 Å². The van der Waals surface area contributed by atoms with Gasteiger partial charge in [-0.05, 0) is 0 Å². The molecule has 0 bridgehead atoms. The Bertz CT molecular complexity index is 88.4. The Hall–Kier alpha value is 0.389. The van der Waals surface area contributed by atoms with Crippen LogP contribution in [0.5, 0.6) is 0 Å². The SMILES string of the molecule is C[C@H]1CCC([CH]=[Fe])C1. The van der Waals surface area contributed by atoms with E-state index in [0.717, 1.165) is 11.8 Å². The predicted octanol–water partition coefficient (Wildman–Crippen LogP) is 1.77. The molecule has 0 aliphatic heterocycles. The summed E-state index contributed by atoms with van der Waals surface area (Å²) in [6, 6.07) is 0. The first kappa shape index (κ1) is 6.51. The van der Waals surface area contributed by atoms with E-state index in [1.54, 1.807) is 0 Å². The van der Waals surface area contributed by atoms with Crippen molar-refractivity contribution in [2.24, 2.45) is 11.8 Å². The summed E-state index contributed by atoms with van der Waals surface area (Å²) in [7, 11) is 0. The quantitative estimate of drug-likeness (QED) is 0.502. The zero-order valence-electron chi connectivity index (χ0n) is 5.21. The van der Waals surface area contributed by atoms with Crippen LogP contribution in [0.3, 0.4) is 0 Å². The molecule has 0 aromatic rings. The van der Waals surface area contributed by atoms with Crippen molar-refractivity contribution in [1.82, 2.24) is 0 Å². The second-order valence-electron chi connectivity index (χ2n) is 2.80. The van der Waals surface area contributed by atoms with Crippen molar-refractivity contribution < 1.29 is 15.6 Å². The Morgan fingerprint density at radius 3 is 2.50 bits per heavy atom. The Morgan fingerprint density at radius 1 is 1.50 bits per heavy atom. The van der Waals surface area contributed by atoms with Crippen LogP contribution in [0.2, 0.25) is 0 Å². The second-order valence-corrected chi connectivity index (χ2v) is 3.16. The molecular formula is C7H12Fe. The van der Waals surface area contributed by atoms with Crippen molar-refractivity contribution in [1.29, 1.82) is 0 Å². The van der Waals surface area contributed by atoms with Gasteiger partial charge in [-0.3, -0.25) is 0 Å². The molecule has 1 aliphatic rings. The van der Waals surface area contributed by atoms with Gasteiger partial charge in [-0.2, -0.15) is 0 Å². The summed E-state index contributed by atoms with van der Waals surface area (Å²) in [5.41, 5.74) is 0. The number of hydrogen-bond donors (Lipinski definition) is 0. The normalized spacial score (nSPS) is 37.8. The van der Waals surface area contributed by atoms with Crippen LogP contribution in [-0.2, 0) is 15.6 Å². The number of hydrogen-bond acceptors (Lipinski definition) is 0. The minimum absolute atomic E-state index is 0.838. The molecule has 0 radical (unpaired) electrons. The van der Waals surface area contributed by atoms with E-state index < -0.39 is 0 Å². The van der Waals surface area contributed by atoms with Crippen LogP contribution in [0.15, 0.2) is 0 Å². The molecule has 1 unspecified atom stereocenters. The Kier molecular flexibility index (Phi) is 2.27. The van der Waals surface area contributed by atoms with Crippen molar-refractivity contribution in [3.8, 4) is 0 Å². The summed E-state index contributed by atoms with van der Waals surface area (Å²) in [5, 5.41) is 0. The van der Waals surface area contributed by atoms with E-state index >= 15 is 0 Å². The minimum atomic E-state index is 0.838. The molecule has 8 heavy (non-hydrogen) atoms. The molecule has 2 atom stereocenters. The van der Waals surface area contributed by atoms with Crippen molar-refractivity contribution in [3.63, 3.8) is 0 Å². The van der Waals surface area contributed by atoms with Gasteiger partial charge in [-0.1, -0.05) is 0 Å². The van der Waals surface area contributed by atoms with E-state index in [1.807, 2.05) is 0 Å². The fourth-order valence-electron chi connectivity index (χ4n) is 1.36. The molecule has 1 saturated carbocycles. The van der Waals surface area contributed by atoms with Gasteiger partial charge in [0.05, 0.1) is 0 Å². The third-order valence-corrected chi connectivity index (χ3v) is 2.42. The molecule has 0 amide bonds. The van der Waals surface area contributed by atoms with E-state index in [2.05, 4.69) is 27.4 Å². The van der Waals surface area contributed by atoms with Crippen LogP contribution in [0.1, 0.15) is 26.2 Å². The first-order valence-electron chi connectivity index (χ1n) is 3.25. The number of rotatable bonds is 1. The standard InChI is InChI=1S/C7H12.Fe/c1-6-3-4-7(2)5-6;/h1,6-7H,3-5H2,2H3;/t6?,7-;/m0./s1. The van der Waals surface area contributed by atoms with Gasteiger partial charge < -0.3 is 0 Å². The van der Waals surface area contributed by atoms with Crippen LogP contribution in [-0.4, -0.2) is 4.92 Å². The monoisotopic (exact) mass is 152 g/mol. The van der Waals surface area contributed by atoms with E-state index in [4.69, 9.17) is 0 Å². The fraction of sp³-hybridized carbons (Fsp3) is 0.857. The third kappa shape index (κ3) is 1.43. The fourth-order valence-corrected chi connectivity index (χ4v) is 1.69. The topological polar surface area (TPSA) is 0 Å². The van der Waals surface area contributed by atoms with Gasteiger partial charge in [-0.25, -0.2) is 0 Å². The molecule has 0 spiro atoms. The third-order valence-electron chi connectivity index (χ3n) is 1.90. The predicted molar refractivity (Wildman–Crippen MR) is 32.6 cm³/mol. The zero-order valence-corrected chi connectivity index (χ0v) is 6.31. The molecule has 0 aromatic heterocycles. The van der Waals surface area contributed by atoms with Crippen molar-refractivity contribution in [2.45, 2.75) is 26.2 Å². The van der Waals surface area contributed by atoms with Gasteiger partial charge in [0, 0.05) is 0 Å². The molecule has 0 N–H and O–H groups in total. The van der Waals surface area contributed by atoms with Crippen LogP contribution in [0.4, 0.5) is 0 Å². The molecule has 1 heteroatoms. The Morgan fingerprint density at radius 2 is 2.25 bits per heavy atom. The average Bonchev–Trinajstić information content (AvgIpc) is 2.14. The van der Waals surface area contributed by atoms with Gasteiger partial charge in [0.2, 0.25) is 0 Å². The Balaban J connectivity index is 2.32. The van der Waals surface area contributed by atoms with E-state index in [9.17, 15) is 0 Å². The molecule has 48 valence electrons. The molecule has 0 nitrogen and oxygen atoms in total. The van der Waals surface area contributed by atoms with Crippen molar-refractivity contribution in [3.05, 3.63) is 0 Å². The van der Waals surface area contributed by atoms with Gasteiger partial charge in [0.15, 0.2) is 0 Å².